The van der Waals surface area contributed by atoms with Crippen molar-refractivity contribution >= 4 is 17.5 Å². The summed E-state index contributed by atoms with van der Waals surface area (Å²) >= 11 is 6.34. The SMILES string of the molecule is CN(Cc1cn(Cc2ccccc2Cl)nc1-c1ccccc1)C(=O)c1cccn1C. The highest BCUT2D eigenvalue weighted by atomic mass is 35.5. The average molecular weight is 419 g/mol. The van der Waals surface area contributed by atoms with Crippen molar-refractivity contribution < 1.29 is 4.79 Å². The highest BCUT2D eigenvalue weighted by Crippen LogP contribution is 2.25. The summed E-state index contributed by atoms with van der Waals surface area (Å²) in [6, 6.07) is 21.5. The lowest BCUT2D eigenvalue weighted by atomic mass is 10.1. The molecule has 0 aliphatic rings. The topological polar surface area (TPSA) is 43.1 Å². The summed E-state index contributed by atoms with van der Waals surface area (Å²) in [7, 11) is 3.69. The van der Waals surface area contributed by atoms with Gasteiger partial charge in [0.15, 0.2) is 0 Å². The fraction of sp³-hybridized carbons (Fsp3) is 0.167. The molecule has 0 unspecified atom stereocenters. The lowest BCUT2D eigenvalue weighted by molar-refractivity contribution is 0.0776. The number of nitrogens with zero attached hydrogens (tertiary/aromatic N) is 4. The number of aryl methyl sites for hydroxylation is 1. The van der Waals surface area contributed by atoms with Gasteiger partial charge < -0.3 is 9.47 Å². The summed E-state index contributed by atoms with van der Waals surface area (Å²) < 4.78 is 3.72. The molecule has 2 aromatic carbocycles. The van der Waals surface area contributed by atoms with E-state index >= 15 is 0 Å². The van der Waals surface area contributed by atoms with Gasteiger partial charge in [-0.1, -0.05) is 60.1 Å². The number of halogens is 1. The monoisotopic (exact) mass is 418 g/mol. The Kier molecular flexibility index (Phi) is 5.72. The first-order chi connectivity index (χ1) is 14.5. The molecular weight excluding hydrogens is 396 g/mol. The lowest BCUT2D eigenvalue weighted by Crippen LogP contribution is -2.27. The van der Waals surface area contributed by atoms with Crippen LogP contribution in [0.25, 0.3) is 11.3 Å². The second kappa shape index (κ2) is 8.59. The molecule has 0 aliphatic carbocycles. The second-order valence-corrected chi connectivity index (χ2v) is 7.73. The molecule has 0 bridgehead atoms. The summed E-state index contributed by atoms with van der Waals surface area (Å²) in [6.45, 7) is 1.02. The molecule has 1 amide bonds. The van der Waals surface area contributed by atoms with Crippen LogP contribution in [0.3, 0.4) is 0 Å². The fourth-order valence-electron chi connectivity index (χ4n) is 3.51. The van der Waals surface area contributed by atoms with Crippen LogP contribution in [0.2, 0.25) is 5.02 Å². The Hall–Kier alpha value is -3.31. The Labute approximate surface area is 181 Å². The zero-order valence-corrected chi connectivity index (χ0v) is 17.8. The van der Waals surface area contributed by atoms with Gasteiger partial charge in [-0.3, -0.25) is 9.48 Å². The Morgan fingerprint density at radius 3 is 2.43 bits per heavy atom. The first-order valence-corrected chi connectivity index (χ1v) is 10.1. The quantitative estimate of drug-likeness (QED) is 0.448. The van der Waals surface area contributed by atoms with E-state index in [2.05, 4.69) is 0 Å². The van der Waals surface area contributed by atoms with Gasteiger partial charge in [-0.25, -0.2) is 0 Å². The number of hydrogen-bond acceptors (Lipinski definition) is 2. The first kappa shape index (κ1) is 20.0. The molecule has 0 atom stereocenters. The Morgan fingerprint density at radius 2 is 1.73 bits per heavy atom. The van der Waals surface area contributed by atoms with Crippen LogP contribution in [-0.4, -0.2) is 32.2 Å². The maximum atomic E-state index is 12.9. The molecule has 30 heavy (non-hydrogen) atoms. The third-order valence-corrected chi connectivity index (χ3v) is 5.46. The summed E-state index contributed by atoms with van der Waals surface area (Å²) in [4.78, 5) is 14.6. The number of aromatic nitrogens is 3. The van der Waals surface area contributed by atoms with Crippen LogP contribution in [0.4, 0.5) is 0 Å². The minimum absolute atomic E-state index is 0.0274. The normalized spacial score (nSPS) is 10.9. The largest absolute Gasteiger partial charge is 0.347 e. The Bertz CT molecular complexity index is 1160. The molecular formula is C24H23ClN4O. The fourth-order valence-corrected chi connectivity index (χ4v) is 3.70. The lowest BCUT2D eigenvalue weighted by Gasteiger charge is -2.17. The summed E-state index contributed by atoms with van der Waals surface area (Å²) in [6.07, 6.45) is 3.87. The van der Waals surface area contributed by atoms with Gasteiger partial charge in [0, 0.05) is 49.2 Å². The van der Waals surface area contributed by atoms with Gasteiger partial charge in [-0.05, 0) is 23.8 Å². The number of amides is 1. The van der Waals surface area contributed by atoms with E-state index < -0.39 is 0 Å². The van der Waals surface area contributed by atoms with E-state index in [1.807, 2.05) is 102 Å². The van der Waals surface area contributed by atoms with Crippen LogP contribution in [0.5, 0.6) is 0 Å². The van der Waals surface area contributed by atoms with Crippen LogP contribution in [0, 0.1) is 0 Å². The molecule has 2 aromatic heterocycles. The van der Waals surface area contributed by atoms with Crippen LogP contribution >= 0.6 is 11.6 Å². The van der Waals surface area contributed by atoms with Crippen LogP contribution in [-0.2, 0) is 20.1 Å². The molecule has 5 nitrogen and oxygen atoms in total. The van der Waals surface area contributed by atoms with E-state index in [9.17, 15) is 4.79 Å². The van der Waals surface area contributed by atoms with E-state index in [4.69, 9.17) is 16.7 Å². The van der Waals surface area contributed by atoms with Gasteiger partial charge in [0.2, 0.25) is 0 Å². The van der Waals surface area contributed by atoms with Crippen molar-refractivity contribution in [1.29, 1.82) is 0 Å². The summed E-state index contributed by atoms with van der Waals surface area (Å²) in [5, 5.41) is 5.54. The molecule has 0 spiro atoms. The predicted octanol–water partition coefficient (Wildman–Crippen LogP) is 4.86. The molecule has 2 heterocycles. The maximum Gasteiger partial charge on any atom is 0.270 e. The number of hydrogen-bond donors (Lipinski definition) is 0. The molecule has 0 fully saturated rings. The van der Waals surface area contributed by atoms with E-state index in [1.165, 1.54) is 0 Å². The van der Waals surface area contributed by atoms with Crippen LogP contribution in [0.15, 0.2) is 79.1 Å². The van der Waals surface area contributed by atoms with Gasteiger partial charge in [-0.2, -0.15) is 5.10 Å². The molecule has 0 radical (unpaired) electrons. The Morgan fingerprint density at radius 1 is 1.00 bits per heavy atom. The van der Waals surface area contributed by atoms with Crippen LogP contribution < -0.4 is 0 Å². The standard InChI is InChI=1S/C24H23ClN4O/c1-27-14-8-13-22(27)24(30)28(2)15-20-17-29(16-19-11-6-7-12-21(19)25)26-23(20)18-9-4-3-5-10-18/h3-14,17H,15-16H2,1-2H3. The van der Waals surface area contributed by atoms with E-state index in [0.717, 1.165) is 22.4 Å². The van der Waals surface area contributed by atoms with Gasteiger partial charge in [0.25, 0.3) is 5.91 Å². The van der Waals surface area contributed by atoms with Crippen LogP contribution in [0.1, 0.15) is 21.6 Å². The van der Waals surface area contributed by atoms with Crippen molar-refractivity contribution in [3.8, 4) is 11.3 Å². The molecule has 4 aromatic rings. The van der Waals surface area contributed by atoms with Gasteiger partial charge >= 0.3 is 0 Å². The third kappa shape index (κ3) is 4.16. The third-order valence-electron chi connectivity index (χ3n) is 5.09. The number of carbonyl (C=O) groups excluding carboxylic acids is 1. The number of carbonyl (C=O) groups is 1. The van der Waals surface area contributed by atoms with Crippen molar-refractivity contribution in [2.24, 2.45) is 7.05 Å². The van der Waals surface area contributed by atoms with E-state index in [-0.39, 0.29) is 5.91 Å². The van der Waals surface area contributed by atoms with Crippen molar-refractivity contribution in [3.63, 3.8) is 0 Å². The zero-order valence-electron chi connectivity index (χ0n) is 17.0. The second-order valence-electron chi connectivity index (χ2n) is 7.32. The minimum atomic E-state index is -0.0274. The summed E-state index contributed by atoms with van der Waals surface area (Å²) in [5.74, 6) is -0.0274. The van der Waals surface area contributed by atoms with Gasteiger partial charge in [-0.15, -0.1) is 0 Å². The minimum Gasteiger partial charge on any atom is -0.347 e. The first-order valence-electron chi connectivity index (χ1n) is 9.75. The van der Waals surface area contributed by atoms with Crippen molar-refractivity contribution in [2.45, 2.75) is 13.1 Å². The van der Waals surface area contributed by atoms with Gasteiger partial charge in [0.05, 0.1) is 12.2 Å². The van der Waals surface area contributed by atoms with Crippen molar-refractivity contribution in [3.05, 3.63) is 101 Å². The zero-order chi connectivity index (χ0) is 21.1. The highest BCUT2D eigenvalue weighted by molar-refractivity contribution is 6.31. The molecule has 0 aliphatic heterocycles. The Balaban J connectivity index is 1.65. The van der Waals surface area contributed by atoms with E-state index in [0.29, 0.717) is 23.8 Å². The predicted molar refractivity (Wildman–Crippen MR) is 119 cm³/mol. The summed E-state index contributed by atoms with van der Waals surface area (Å²) in [5.41, 5.74) is 4.53. The molecule has 6 heteroatoms. The highest BCUT2D eigenvalue weighted by Gasteiger charge is 2.19. The molecule has 0 N–H and O–H groups in total. The van der Waals surface area contributed by atoms with Crippen molar-refractivity contribution in [1.82, 2.24) is 19.2 Å². The molecule has 0 saturated carbocycles. The van der Waals surface area contributed by atoms with Crippen molar-refractivity contribution in [2.75, 3.05) is 7.05 Å². The average Bonchev–Trinajstić information content (AvgIpc) is 3.35. The maximum absolute atomic E-state index is 12.9. The molecule has 0 saturated heterocycles. The van der Waals surface area contributed by atoms with Gasteiger partial charge in [0.1, 0.15) is 5.69 Å². The molecule has 152 valence electrons. The number of benzene rings is 2. The van der Waals surface area contributed by atoms with E-state index in [1.54, 1.807) is 4.90 Å². The smallest absolute Gasteiger partial charge is 0.270 e. The number of rotatable bonds is 6. The molecule has 4 rings (SSSR count).